The Hall–Kier alpha value is -1.61. The summed E-state index contributed by atoms with van der Waals surface area (Å²) in [5, 5.41) is 7.82. The highest BCUT2D eigenvalue weighted by molar-refractivity contribution is 5.33. The largest absolute Gasteiger partial charge is 0.310 e. The summed E-state index contributed by atoms with van der Waals surface area (Å²) in [5.41, 5.74) is 2.44. The molecule has 3 heteroatoms. The van der Waals surface area contributed by atoms with Crippen LogP contribution in [0.4, 0.5) is 0 Å². The van der Waals surface area contributed by atoms with E-state index in [0.717, 1.165) is 18.2 Å². The lowest BCUT2D eigenvalue weighted by molar-refractivity contribution is 0.496. The first kappa shape index (κ1) is 11.5. The minimum atomic E-state index is 0.649. The van der Waals surface area contributed by atoms with Crippen LogP contribution in [0.3, 0.4) is 0 Å². The van der Waals surface area contributed by atoms with E-state index >= 15 is 0 Å². The molecule has 0 spiro atoms. The van der Waals surface area contributed by atoms with Crippen LogP contribution in [0.15, 0.2) is 42.7 Å². The van der Waals surface area contributed by atoms with Crippen LogP contribution in [-0.2, 0) is 6.54 Å². The van der Waals surface area contributed by atoms with Crippen LogP contribution in [0, 0.1) is 5.92 Å². The van der Waals surface area contributed by atoms with Crippen molar-refractivity contribution in [1.29, 1.82) is 0 Å². The molecule has 1 aliphatic rings. The zero-order valence-electron chi connectivity index (χ0n) is 10.7. The van der Waals surface area contributed by atoms with Gasteiger partial charge in [0, 0.05) is 25.0 Å². The van der Waals surface area contributed by atoms with Crippen molar-refractivity contribution in [3.8, 4) is 5.69 Å². The van der Waals surface area contributed by atoms with E-state index in [1.807, 2.05) is 16.9 Å². The molecule has 1 N–H and O–H groups in total. The van der Waals surface area contributed by atoms with Crippen molar-refractivity contribution in [2.24, 2.45) is 5.92 Å². The lowest BCUT2D eigenvalue weighted by Gasteiger charge is -2.12. The van der Waals surface area contributed by atoms with Crippen molar-refractivity contribution >= 4 is 0 Å². The molecule has 3 nitrogen and oxygen atoms in total. The van der Waals surface area contributed by atoms with E-state index in [9.17, 15) is 0 Å². The second-order valence-electron chi connectivity index (χ2n) is 5.12. The molecule has 0 bridgehead atoms. The fourth-order valence-electron chi connectivity index (χ4n) is 2.23. The van der Waals surface area contributed by atoms with Crippen molar-refractivity contribution < 1.29 is 0 Å². The summed E-state index contributed by atoms with van der Waals surface area (Å²) in [6.45, 7) is 3.24. The highest BCUT2D eigenvalue weighted by Gasteiger charge is 2.27. The summed E-state index contributed by atoms with van der Waals surface area (Å²) in [7, 11) is 0. The van der Waals surface area contributed by atoms with Crippen molar-refractivity contribution in [3.05, 3.63) is 48.3 Å². The molecule has 0 radical (unpaired) electrons. The van der Waals surface area contributed by atoms with Crippen molar-refractivity contribution in [2.75, 3.05) is 0 Å². The quantitative estimate of drug-likeness (QED) is 0.872. The Balaban J connectivity index is 1.60. The molecular weight excluding hydrogens is 222 g/mol. The molecule has 1 aliphatic carbocycles. The van der Waals surface area contributed by atoms with Crippen LogP contribution >= 0.6 is 0 Å². The van der Waals surface area contributed by atoms with Gasteiger partial charge in [-0.3, -0.25) is 0 Å². The molecule has 1 aromatic carbocycles. The molecule has 1 aromatic heterocycles. The summed E-state index contributed by atoms with van der Waals surface area (Å²) in [4.78, 5) is 0. The molecule has 1 atom stereocenters. The summed E-state index contributed by atoms with van der Waals surface area (Å²) in [5.74, 6) is 0.911. The first-order valence-corrected chi connectivity index (χ1v) is 6.65. The maximum atomic E-state index is 4.22. The normalized spacial score (nSPS) is 16.7. The van der Waals surface area contributed by atoms with E-state index in [1.54, 1.807) is 6.20 Å². The van der Waals surface area contributed by atoms with E-state index < -0.39 is 0 Å². The topological polar surface area (TPSA) is 29.9 Å². The van der Waals surface area contributed by atoms with Gasteiger partial charge < -0.3 is 5.32 Å². The minimum absolute atomic E-state index is 0.649. The maximum Gasteiger partial charge on any atom is 0.0645 e. The molecule has 94 valence electrons. The van der Waals surface area contributed by atoms with Crippen molar-refractivity contribution in [1.82, 2.24) is 15.1 Å². The third kappa shape index (κ3) is 2.62. The van der Waals surface area contributed by atoms with Gasteiger partial charge in [-0.2, -0.15) is 5.10 Å². The molecule has 18 heavy (non-hydrogen) atoms. The van der Waals surface area contributed by atoms with Crippen LogP contribution in [0.2, 0.25) is 0 Å². The Morgan fingerprint density at radius 2 is 2.11 bits per heavy atom. The van der Waals surface area contributed by atoms with Crippen LogP contribution < -0.4 is 5.32 Å². The van der Waals surface area contributed by atoms with Crippen LogP contribution in [0.1, 0.15) is 25.3 Å². The third-order valence-corrected chi connectivity index (χ3v) is 3.66. The smallest absolute Gasteiger partial charge is 0.0645 e. The van der Waals surface area contributed by atoms with E-state index in [2.05, 4.69) is 41.6 Å². The van der Waals surface area contributed by atoms with Gasteiger partial charge in [0.05, 0.1) is 5.69 Å². The fraction of sp³-hybridized carbons (Fsp3) is 0.400. The molecule has 1 unspecified atom stereocenters. The molecule has 0 aliphatic heterocycles. The Morgan fingerprint density at radius 1 is 1.33 bits per heavy atom. The average Bonchev–Trinajstić information content (AvgIpc) is 3.12. The molecule has 1 fully saturated rings. The zero-order chi connectivity index (χ0) is 12.4. The lowest BCUT2D eigenvalue weighted by Crippen LogP contribution is -2.27. The molecule has 0 saturated heterocycles. The number of benzene rings is 1. The number of nitrogens with zero attached hydrogens (tertiary/aromatic N) is 2. The summed E-state index contributed by atoms with van der Waals surface area (Å²) in [6, 6.07) is 11.2. The van der Waals surface area contributed by atoms with Crippen molar-refractivity contribution in [3.63, 3.8) is 0 Å². The Bertz CT molecular complexity index is 483. The van der Waals surface area contributed by atoms with Gasteiger partial charge in [0.15, 0.2) is 0 Å². The molecule has 3 rings (SSSR count). The summed E-state index contributed by atoms with van der Waals surface area (Å²) >= 11 is 0. The fourth-order valence-corrected chi connectivity index (χ4v) is 2.23. The van der Waals surface area contributed by atoms with E-state index in [-0.39, 0.29) is 0 Å². The van der Waals surface area contributed by atoms with Crippen LogP contribution in [-0.4, -0.2) is 15.8 Å². The van der Waals surface area contributed by atoms with Crippen LogP contribution in [0.25, 0.3) is 5.69 Å². The maximum absolute atomic E-state index is 4.22. The number of aromatic nitrogens is 2. The standard InChI is InChI=1S/C15H19N3/c1-12(14-5-6-14)16-11-13-3-7-15(8-4-13)18-10-2-9-17-18/h2-4,7-10,12,14,16H,5-6,11H2,1H3. The Labute approximate surface area is 108 Å². The molecule has 1 saturated carbocycles. The Kier molecular flexibility index (Phi) is 3.15. The zero-order valence-corrected chi connectivity index (χ0v) is 10.7. The van der Waals surface area contributed by atoms with Gasteiger partial charge in [-0.05, 0) is 49.4 Å². The van der Waals surface area contributed by atoms with Gasteiger partial charge in [-0.15, -0.1) is 0 Å². The molecule has 2 aromatic rings. The predicted molar refractivity (Wildman–Crippen MR) is 72.6 cm³/mol. The molecular formula is C15H19N3. The highest BCUT2D eigenvalue weighted by atomic mass is 15.3. The second kappa shape index (κ2) is 4.94. The summed E-state index contributed by atoms with van der Waals surface area (Å²) < 4.78 is 1.88. The number of nitrogens with one attached hydrogen (secondary N) is 1. The highest BCUT2D eigenvalue weighted by Crippen LogP contribution is 2.32. The lowest BCUT2D eigenvalue weighted by atomic mass is 10.1. The second-order valence-corrected chi connectivity index (χ2v) is 5.12. The van der Waals surface area contributed by atoms with E-state index in [4.69, 9.17) is 0 Å². The van der Waals surface area contributed by atoms with Gasteiger partial charge in [0.25, 0.3) is 0 Å². The monoisotopic (exact) mass is 241 g/mol. The van der Waals surface area contributed by atoms with Gasteiger partial charge in [0.2, 0.25) is 0 Å². The summed E-state index contributed by atoms with van der Waals surface area (Å²) in [6.07, 6.45) is 6.55. The molecule has 0 amide bonds. The van der Waals surface area contributed by atoms with E-state index in [1.165, 1.54) is 18.4 Å². The Morgan fingerprint density at radius 3 is 2.72 bits per heavy atom. The third-order valence-electron chi connectivity index (χ3n) is 3.66. The van der Waals surface area contributed by atoms with Gasteiger partial charge in [-0.1, -0.05) is 12.1 Å². The SMILES string of the molecule is CC(NCc1ccc(-n2cccn2)cc1)C1CC1. The van der Waals surface area contributed by atoms with Gasteiger partial charge in [-0.25, -0.2) is 4.68 Å². The van der Waals surface area contributed by atoms with Gasteiger partial charge >= 0.3 is 0 Å². The average molecular weight is 241 g/mol. The van der Waals surface area contributed by atoms with Gasteiger partial charge in [0.1, 0.15) is 0 Å². The number of hydrogen-bond acceptors (Lipinski definition) is 2. The predicted octanol–water partition coefficient (Wildman–Crippen LogP) is 2.76. The minimum Gasteiger partial charge on any atom is -0.310 e. The first-order valence-electron chi connectivity index (χ1n) is 6.65. The molecule has 1 heterocycles. The van der Waals surface area contributed by atoms with Crippen LogP contribution in [0.5, 0.6) is 0 Å². The number of hydrogen-bond donors (Lipinski definition) is 1. The number of rotatable bonds is 5. The van der Waals surface area contributed by atoms with E-state index in [0.29, 0.717) is 6.04 Å². The van der Waals surface area contributed by atoms with Crippen molar-refractivity contribution in [2.45, 2.75) is 32.4 Å². The first-order chi connectivity index (χ1) is 8.83.